The first kappa shape index (κ1) is 25.1. The monoisotopic (exact) mass is 378 g/mol. The summed E-state index contributed by atoms with van der Waals surface area (Å²) in [6, 6.07) is 0. The minimum Gasteiger partial charge on any atom is -0.393 e. The average molecular weight is 379 g/mol. The molecule has 25 heavy (non-hydrogen) atoms. The van der Waals surface area contributed by atoms with E-state index in [-0.39, 0.29) is 6.10 Å². The summed E-state index contributed by atoms with van der Waals surface area (Å²) in [6.45, 7) is 5.70. The Labute approximate surface area is 155 Å². The molecule has 0 aliphatic rings. The lowest BCUT2D eigenvalue weighted by molar-refractivity contribution is 0.0844. The summed E-state index contributed by atoms with van der Waals surface area (Å²) in [5.41, 5.74) is 0. The zero-order chi connectivity index (χ0) is 19.1. The van der Waals surface area contributed by atoms with Crippen LogP contribution in [-0.2, 0) is 4.57 Å². The number of hydrogen-bond acceptors (Lipinski definition) is 4. The van der Waals surface area contributed by atoms with Gasteiger partial charge in [-0.25, -0.2) is 0 Å². The van der Waals surface area contributed by atoms with Crippen molar-refractivity contribution >= 4 is 7.14 Å². The van der Waals surface area contributed by atoms with E-state index in [0.717, 1.165) is 12.8 Å². The van der Waals surface area contributed by atoms with Crippen LogP contribution in [0.15, 0.2) is 0 Å². The van der Waals surface area contributed by atoms with Crippen molar-refractivity contribution in [3.05, 3.63) is 0 Å². The van der Waals surface area contributed by atoms with Crippen molar-refractivity contribution in [3.8, 4) is 0 Å². The second kappa shape index (κ2) is 15.2. The second-order valence-corrected chi connectivity index (χ2v) is 11.7. The molecular weight excluding hydrogens is 335 g/mol. The van der Waals surface area contributed by atoms with Gasteiger partial charge in [0.2, 0.25) is 0 Å². The number of aliphatic hydroxyl groups is 3. The fraction of sp³-hybridized carbons (Fsp3) is 1.00. The highest BCUT2D eigenvalue weighted by Gasteiger charge is 2.14. The molecule has 0 aromatic heterocycles. The van der Waals surface area contributed by atoms with Crippen molar-refractivity contribution in [2.75, 3.05) is 19.5 Å². The van der Waals surface area contributed by atoms with Crippen LogP contribution in [0.4, 0.5) is 0 Å². The lowest BCUT2D eigenvalue weighted by Crippen LogP contribution is -2.17. The highest BCUT2D eigenvalue weighted by atomic mass is 31.2. The largest absolute Gasteiger partial charge is 0.393 e. The van der Waals surface area contributed by atoms with E-state index in [2.05, 4.69) is 6.92 Å². The van der Waals surface area contributed by atoms with Gasteiger partial charge in [0.25, 0.3) is 0 Å². The maximum atomic E-state index is 11.6. The molecule has 0 aromatic rings. The Kier molecular flexibility index (Phi) is 15.3. The van der Waals surface area contributed by atoms with E-state index in [1.54, 1.807) is 13.3 Å². The van der Waals surface area contributed by atoms with Crippen LogP contribution in [-0.4, -0.2) is 53.1 Å². The normalized spacial score (nSPS) is 15.9. The van der Waals surface area contributed by atoms with E-state index in [4.69, 9.17) is 0 Å². The summed E-state index contributed by atoms with van der Waals surface area (Å²) >= 11 is 0. The molecule has 0 amide bonds. The summed E-state index contributed by atoms with van der Waals surface area (Å²) in [5.74, 6) is 0. The molecule has 0 saturated carbocycles. The maximum Gasteiger partial charge on any atom is 0.0820 e. The van der Waals surface area contributed by atoms with Gasteiger partial charge < -0.3 is 19.9 Å². The molecule has 0 rings (SSSR count). The van der Waals surface area contributed by atoms with E-state index in [1.165, 1.54) is 38.5 Å². The van der Waals surface area contributed by atoms with Crippen molar-refractivity contribution in [3.63, 3.8) is 0 Å². The topological polar surface area (TPSA) is 77.8 Å². The molecule has 0 spiro atoms. The molecule has 0 radical (unpaired) electrons. The minimum absolute atomic E-state index is 0.318. The van der Waals surface area contributed by atoms with Gasteiger partial charge in [0.1, 0.15) is 0 Å². The quantitative estimate of drug-likeness (QED) is 0.251. The third kappa shape index (κ3) is 18.7. The van der Waals surface area contributed by atoms with Crippen LogP contribution in [0, 0.1) is 0 Å². The fourth-order valence-electron chi connectivity index (χ4n) is 3.00. The first-order valence-electron chi connectivity index (χ1n) is 10.3. The SMILES string of the molecule is CCCCCCCCCC(O)CCC(O)CCC(O)CCP(C)(C)=O. The molecule has 3 unspecified atom stereocenters. The van der Waals surface area contributed by atoms with Crippen LogP contribution in [0.5, 0.6) is 0 Å². The zero-order valence-corrected chi connectivity index (χ0v) is 17.7. The predicted molar refractivity (Wildman–Crippen MR) is 108 cm³/mol. The molecule has 0 aliphatic carbocycles. The molecule has 3 atom stereocenters. The summed E-state index contributed by atoms with van der Waals surface area (Å²) in [4.78, 5) is 0. The Morgan fingerprint density at radius 3 is 1.52 bits per heavy atom. The zero-order valence-electron chi connectivity index (χ0n) is 16.8. The van der Waals surface area contributed by atoms with Crippen LogP contribution in [0.1, 0.15) is 90.4 Å². The van der Waals surface area contributed by atoms with E-state index >= 15 is 0 Å². The van der Waals surface area contributed by atoms with E-state index in [0.29, 0.717) is 38.3 Å². The van der Waals surface area contributed by atoms with Gasteiger partial charge in [-0.2, -0.15) is 0 Å². The predicted octanol–water partition coefficient (Wildman–Crippen LogP) is 4.78. The van der Waals surface area contributed by atoms with Crippen LogP contribution in [0.25, 0.3) is 0 Å². The molecule has 152 valence electrons. The highest BCUT2D eigenvalue weighted by Crippen LogP contribution is 2.37. The average Bonchev–Trinajstić information content (AvgIpc) is 2.54. The standard InChI is InChI=1S/C20H43O4P/c1-4-5-6-7-8-9-10-11-18(21)12-13-19(22)14-15-20(23)16-17-25(2,3)24/h18-23H,4-17H2,1-3H3. The molecule has 5 heteroatoms. The van der Waals surface area contributed by atoms with Crippen molar-refractivity contribution in [2.45, 2.75) is 109 Å². The Morgan fingerprint density at radius 2 is 1.04 bits per heavy atom. The first-order valence-corrected chi connectivity index (χ1v) is 13.1. The number of rotatable bonds is 17. The van der Waals surface area contributed by atoms with Gasteiger partial charge in [-0.05, 0) is 51.9 Å². The molecule has 0 fully saturated rings. The fourth-order valence-corrected chi connectivity index (χ4v) is 3.92. The lowest BCUT2D eigenvalue weighted by Gasteiger charge is -2.17. The minimum atomic E-state index is -2.07. The summed E-state index contributed by atoms with van der Waals surface area (Å²) in [6.07, 6.45) is 11.7. The molecular formula is C20H43O4P. The van der Waals surface area contributed by atoms with E-state index in [1.807, 2.05) is 0 Å². The molecule has 0 bridgehead atoms. The molecule has 4 nitrogen and oxygen atoms in total. The Hall–Kier alpha value is 0.110. The van der Waals surface area contributed by atoms with Crippen LogP contribution < -0.4 is 0 Å². The van der Waals surface area contributed by atoms with Gasteiger partial charge in [0.15, 0.2) is 0 Å². The molecule has 0 aliphatic heterocycles. The maximum absolute atomic E-state index is 11.6. The van der Waals surface area contributed by atoms with Crippen molar-refractivity contribution in [2.24, 2.45) is 0 Å². The molecule has 0 saturated heterocycles. The molecule has 3 N–H and O–H groups in total. The summed E-state index contributed by atoms with van der Waals surface area (Å²) < 4.78 is 11.6. The number of unbranched alkanes of at least 4 members (excludes halogenated alkanes) is 6. The molecule has 0 heterocycles. The van der Waals surface area contributed by atoms with Gasteiger partial charge in [0, 0.05) is 6.16 Å². The summed E-state index contributed by atoms with van der Waals surface area (Å²) in [5, 5.41) is 29.9. The first-order chi connectivity index (χ1) is 11.7. The van der Waals surface area contributed by atoms with E-state index < -0.39 is 19.3 Å². The Bertz CT molecular complexity index is 343. The summed E-state index contributed by atoms with van der Waals surface area (Å²) in [7, 11) is -2.07. The smallest absolute Gasteiger partial charge is 0.0820 e. The Balaban J connectivity index is 3.57. The number of aliphatic hydroxyl groups excluding tert-OH is 3. The van der Waals surface area contributed by atoms with Gasteiger partial charge in [-0.1, -0.05) is 51.9 Å². The lowest BCUT2D eigenvalue weighted by atomic mass is 10.00. The third-order valence-electron chi connectivity index (χ3n) is 4.81. The third-order valence-corrected chi connectivity index (χ3v) is 6.14. The van der Waals surface area contributed by atoms with Crippen LogP contribution in [0.2, 0.25) is 0 Å². The van der Waals surface area contributed by atoms with Crippen molar-refractivity contribution in [1.29, 1.82) is 0 Å². The van der Waals surface area contributed by atoms with Crippen molar-refractivity contribution < 1.29 is 19.9 Å². The molecule has 0 aromatic carbocycles. The van der Waals surface area contributed by atoms with Crippen molar-refractivity contribution in [1.82, 2.24) is 0 Å². The van der Waals surface area contributed by atoms with Gasteiger partial charge >= 0.3 is 0 Å². The van der Waals surface area contributed by atoms with Gasteiger partial charge in [-0.3, -0.25) is 0 Å². The second-order valence-electron chi connectivity index (χ2n) is 8.11. The van der Waals surface area contributed by atoms with Gasteiger partial charge in [0.05, 0.1) is 25.5 Å². The van der Waals surface area contributed by atoms with E-state index in [9.17, 15) is 19.9 Å². The highest BCUT2D eigenvalue weighted by molar-refractivity contribution is 7.62. The van der Waals surface area contributed by atoms with Crippen LogP contribution in [0.3, 0.4) is 0 Å². The Morgan fingerprint density at radius 1 is 0.640 bits per heavy atom. The number of hydrogen-bond donors (Lipinski definition) is 3. The van der Waals surface area contributed by atoms with Crippen LogP contribution >= 0.6 is 7.14 Å². The van der Waals surface area contributed by atoms with Gasteiger partial charge in [-0.15, -0.1) is 0 Å².